The third-order valence-corrected chi connectivity index (χ3v) is 2.59. The molecule has 0 radical (unpaired) electrons. The second kappa shape index (κ2) is 2.44. The standard InChI is InChI=1S/C9H11NO2/c1-6-4-7(6)5-10-8(11)2-3-9(10)12/h2-3,6-7H,4-5H2,1H3. The number of hydrogen-bond donors (Lipinski definition) is 0. The SMILES string of the molecule is CC1CC1CN1C(=O)C=CC1=O. The molecule has 2 atom stereocenters. The Morgan fingerprint density at radius 3 is 2.33 bits per heavy atom. The van der Waals surface area contributed by atoms with Crippen molar-refractivity contribution in [2.75, 3.05) is 6.54 Å². The van der Waals surface area contributed by atoms with E-state index in [9.17, 15) is 9.59 Å². The van der Waals surface area contributed by atoms with E-state index in [-0.39, 0.29) is 11.8 Å². The molecule has 0 N–H and O–H groups in total. The lowest BCUT2D eigenvalue weighted by Crippen LogP contribution is -2.32. The van der Waals surface area contributed by atoms with Crippen molar-refractivity contribution >= 4 is 11.8 Å². The van der Waals surface area contributed by atoms with Gasteiger partial charge in [0.2, 0.25) is 0 Å². The van der Waals surface area contributed by atoms with Crippen LogP contribution in [0.2, 0.25) is 0 Å². The normalized spacial score (nSPS) is 33.2. The molecule has 0 aromatic heterocycles. The third kappa shape index (κ3) is 1.15. The van der Waals surface area contributed by atoms with Crippen molar-refractivity contribution in [2.45, 2.75) is 13.3 Å². The van der Waals surface area contributed by atoms with Gasteiger partial charge in [-0.2, -0.15) is 0 Å². The van der Waals surface area contributed by atoms with Crippen molar-refractivity contribution in [1.29, 1.82) is 0 Å². The Balaban J connectivity index is 1.96. The molecule has 1 saturated carbocycles. The van der Waals surface area contributed by atoms with Gasteiger partial charge in [0.1, 0.15) is 0 Å². The van der Waals surface area contributed by atoms with Gasteiger partial charge in [0.25, 0.3) is 11.8 Å². The Bertz CT molecular complexity index is 252. The molecule has 0 saturated heterocycles. The van der Waals surface area contributed by atoms with Crippen LogP contribution in [0.3, 0.4) is 0 Å². The van der Waals surface area contributed by atoms with Crippen LogP contribution in [-0.2, 0) is 9.59 Å². The first kappa shape index (κ1) is 7.53. The fourth-order valence-corrected chi connectivity index (χ4v) is 1.50. The summed E-state index contributed by atoms with van der Waals surface area (Å²) >= 11 is 0. The van der Waals surface area contributed by atoms with E-state index >= 15 is 0 Å². The Hall–Kier alpha value is -1.12. The predicted molar refractivity (Wildman–Crippen MR) is 43.1 cm³/mol. The van der Waals surface area contributed by atoms with Crippen LogP contribution in [-0.4, -0.2) is 23.3 Å². The molecule has 1 heterocycles. The molecule has 0 aromatic carbocycles. The Morgan fingerprint density at radius 1 is 1.42 bits per heavy atom. The first-order chi connectivity index (χ1) is 5.68. The topological polar surface area (TPSA) is 37.4 Å². The van der Waals surface area contributed by atoms with E-state index in [4.69, 9.17) is 0 Å². The van der Waals surface area contributed by atoms with Crippen LogP contribution < -0.4 is 0 Å². The van der Waals surface area contributed by atoms with Crippen LogP contribution in [0.1, 0.15) is 13.3 Å². The maximum atomic E-state index is 11.1. The highest BCUT2D eigenvalue weighted by Crippen LogP contribution is 2.38. The molecule has 0 spiro atoms. The zero-order valence-electron chi connectivity index (χ0n) is 6.99. The summed E-state index contributed by atoms with van der Waals surface area (Å²) in [5.41, 5.74) is 0. The molecule has 2 unspecified atom stereocenters. The molecule has 12 heavy (non-hydrogen) atoms. The van der Waals surface area contributed by atoms with Gasteiger partial charge in [0, 0.05) is 18.7 Å². The lowest BCUT2D eigenvalue weighted by Gasteiger charge is -2.12. The van der Waals surface area contributed by atoms with Gasteiger partial charge in [-0.05, 0) is 18.3 Å². The Kier molecular flexibility index (Phi) is 1.53. The molecule has 2 aliphatic rings. The van der Waals surface area contributed by atoms with Gasteiger partial charge >= 0.3 is 0 Å². The molecular formula is C9H11NO2. The minimum atomic E-state index is -0.154. The van der Waals surface area contributed by atoms with Crippen molar-refractivity contribution in [3.05, 3.63) is 12.2 Å². The number of carbonyl (C=O) groups is 2. The molecule has 2 rings (SSSR count). The number of imide groups is 1. The second-order valence-electron chi connectivity index (χ2n) is 3.59. The summed E-state index contributed by atoms with van der Waals surface area (Å²) in [7, 11) is 0. The maximum absolute atomic E-state index is 11.1. The smallest absolute Gasteiger partial charge is 0.253 e. The van der Waals surface area contributed by atoms with Gasteiger partial charge in [-0.25, -0.2) is 0 Å². The van der Waals surface area contributed by atoms with Crippen molar-refractivity contribution < 1.29 is 9.59 Å². The van der Waals surface area contributed by atoms with Crippen LogP contribution >= 0.6 is 0 Å². The van der Waals surface area contributed by atoms with Gasteiger partial charge in [0.15, 0.2) is 0 Å². The quantitative estimate of drug-likeness (QED) is 0.561. The average molecular weight is 165 g/mol. The molecule has 3 heteroatoms. The van der Waals surface area contributed by atoms with Gasteiger partial charge in [-0.3, -0.25) is 14.5 Å². The molecule has 64 valence electrons. The molecule has 0 bridgehead atoms. The summed E-state index contributed by atoms with van der Waals surface area (Å²) in [6.07, 6.45) is 3.84. The summed E-state index contributed by atoms with van der Waals surface area (Å²) in [6.45, 7) is 2.76. The number of hydrogen-bond acceptors (Lipinski definition) is 2. The van der Waals surface area contributed by atoms with Crippen LogP contribution in [0.25, 0.3) is 0 Å². The highest BCUT2D eigenvalue weighted by Gasteiger charge is 2.37. The molecule has 2 amide bonds. The van der Waals surface area contributed by atoms with E-state index in [1.807, 2.05) is 0 Å². The number of rotatable bonds is 2. The Labute approximate surface area is 71.0 Å². The molecule has 0 aromatic rings. The van der Waals surface area contributed by atoms with E-state index in [0.29, 0.717) is 18.4 Å². The van der Waals surface area contributed by atoms with Crippen molar-refractivity contribution in [3.63, 3.8) is 0 Å². The maximum Gasteiger partial charge on any atom is 0.253 e. The Morgan fingerprint density at radius 2 is 1.92 bits per heavy atom. The summed E-state index contributed by atoms with van der Waals surface area (Å²) in [5.74, 6) is 0.933. The van der Waals surface area contributed by atoms with Gasteiger partial charge < -0.3 is 0 Å². The van der Waals surface area contributed by atoms with Gasteiger partial charge in [-0.15, -0.1) is 0 Å². The van der Waals surface area contributed by atoms with Gasteiger partial charge in [0.05, 0.1) is 0 Å². The average Bonchev–Trinajstić information content (AvgIpc) is 2.63. The van der Waals surface area contributed by atoms with Crippen molar-refractivity contribution in [3.8, 4) is 0 Å². The molecule has 1 aliphatic carbocycles. The predicted octanol–water partition coefficient (Wildman–Crippen LogP) is 0.567. The zero-order chi connectivity index (χ0) is 8.72. The van der Waals surface area contributed by atoms with Crippen molar-refractivity contribution in [2.24, 2.45) is 11.8 Å². The number of carbonyl (C=O) groups excluding carboxylic acids is 2. The van der Waals surface area contributed by atoms with Crippen LogP contribution in [0.4, 0.5) is 0 Å². The highest BCUT2D eigenvalue weighted by molar-refractivity contribution is 6.12. The minimum Gasteiger partial charge on any atom is -0.275 e. The van der Waals surface area contributed by atoms with Crippen LogP contribution in [0.15, 0.2) is 12.2 Å². The fourth-order valence-electron chi connectivity index (χ4n) is 1.50. The monoisotopic (exact) mass is 165 g/mol. The third-order valence-electron chi connectivity index (χ3n) is 2.59. The zero-order valence-corrected chi connectivity index (χ0v) is 6.99. The minimum absolute atomic E-state index is 0.154. The van der Waals surface area contributed by atoms with E-state index in [1.165, 1.54) is 17.1 Å². The second-order valence-corrected chi connectivity index (χ2v) is 3.59. The number of amides is 2. The van der Waals surface area contributed by atoms with E-state index < -0.39 is 0 Å². The lowest BCUT2D eigenvalue weighted by atomic mass is 10.3. The first-order valence-corrected chi connectivity index (χ1v) is 4.22. The molecule has 1 aliphatic heterocycles. The van der Waals surface area contributed by atoms with E-state index in [0.717, 1.165) is 6.42 Å². The summed E-state index contributed by atoms with van der Waals surface area (Å²) in [6, 6.07) is 0. The van der Waals surface area contributed by atoms with E-state index in [1.54, 1.807) is 0 Å². The summed E-state index contributed by atoms with van der Waals surface area (Å²) < 4.78 is 0. The first-order valence-electron chi connectivity index (χ1n) is 4.22. The van der Waals surface area contributed by atoms with Gasteiger partial charge in [-0.1, -0.05) is 6.92 Å². The number of nitrogens with zero attached hydrogens (tertiary/aromatic N) is 1. The fraction of sp³-hybridized carbons (Fsp3) is 0.556. The molecule has 1 fully saturated rings. The highest BCUT2D eigenvalue weighted by atomic mass is 16.2. The van der Waals surface area contributed by atoms with E-state index in [2.05, 4.69) is 6.92 Å². The van der Waals surface area contributed by atoms with Crippen molar-refractivity contribution in [1.82, 2.24) is 4.90 Å². The summed E-state index contributed by atoms with van der Waals surface area (Å²) in [4.78, 5) is 23.5. The largest absolute Gasteiger partial charge is 0.275 e. The lowest BCUT2D eigenvalue weighted by molar-refractivity contribution is -0.137. The molecule has 3 nitrogen and oxygen atoms in total. The molecular weight excluding hydrogens is 154 g/mol. The van der Waals surface area contributed by atoms with Crippen LogP contribution in [0.5, 0.6) is 0 Å². The van der Waals surface area contributed by atoms with Crippen LogP contribution in [0, 0.1) is 11.8 Å². The summed E-state index contributed by atoms with van der Waals surface area (Å²) in [5, 5.41) is 0.